The van der Waals surface area contributed by atoms with Gasteiger partial charge in [0.15, 0.2) is 5.78 Å². The third kappa shape index (κ3) is 5.13. The SMILES string of the molecule is CC(=O)c1cccc(NC(=O)c2ccnc(NCCN(C)C)n2)c1. The van der Waals surface area contributed by atoms with Crippen molar-refractivity contribution in [3.05, 3.63) is 47.8 Å². The average Bonchev–Trinajstić information content (AvgIpc) is 2.55. The molecule has 0 aliphatic heterocycles. The number of nitrogens with zero attached hydrogens (tertiary/aromatic N) is 3. The number of nitrogens with one attached hydrogen (secondary N) is 2. The van der Waals surface area contributed by atoms with Crippen molar-refractivity contribution in [1.29, 1.82) is 0 Å². The van der Waals surface area contributed by atoms with Crippen LogP contribution in [-0.4, -0.2) is 53.7 Å². The summed E-state index contributed by atoms with van der Waals surface area (Å²) in [5, 5.41) is 5.81. The van der Waals surface area contributed by atoms with E-state index in [0.29, 0.717) is 23.7 Å². The number of anilines is 2. The summed E-state index contributed by atoms with van der Waals surface area (Å²) < 4.78 is 0. The zero-order chi connectivity index (χ0) is 17.5. The molecule has 0 radical (unpaired) electrons. The summed E-state index contributed by atoms with van der Waals surface area (Å²) in [7, 11) is 3.95. The van der Waals surface area contributed by atoms with Crippen LogP contribution in [0.1, 0.15) is 27.8 Å². The number of carbonyl (C=O) groups excluding carboxylic acids is 2. The fourth-order valence-electron chi connectivity index (χ4n) is 1.97. The number of hydrogen-bond donors (Lipinski definition) is 2. The van der Waals surface area contributed by atoms with Crippen molar-refractivity contribution in [2.24, 2.45) is 0 Å². The van der Waals surface area contributed by atoms with Crippen LogP contribution in [0.2, 0.25) is 0 Å². The summed E-state index contributed by atoms with van der Waals surface area (Å²) in [5.41, 5.74) is 1.35. The normalized spacial score (nSPS) is 10.5. The molecule has 1 aromatic heterocycles. The highest BCUT2D eigenvalue weighted by Gasteiger charge is 2.10. The molecular formula is C17H21N5O2. The summed E-state index contributed by atoms with van der Waals surface area (Å²) in [6, 6.07) is 8.33. The first-order valence-corrected chi connectivity index (χ1v) is 7.59. The zero-order valence-electron chi connectivity index (χ0n) is 14.0. The number of aromatic nitrogens is 2. The maximum atomic E-state index is 12.3. The fourth-order valence-corrected chi connectivity index (χ4v) is 1.97. The van der Waals surface area contributed by atoms with Gasteiger partial charge in [0.05, 0.1) is 0 Å². The van der Waals surface area contributed by atoms with Gasteiger partial charge in [-0.25, -0.2) is 9.97 Å². The van der Waals surface area contributed by atoms with Crippen molar-refractivity contribution in [2.75, 3.05) is 37.8 Å². The lowest BCUT2D eigenvalue weighted by atomic mass is 10.1. The summed E-state index contributed by atoms with van der Waals surface area (Å²) >= 11 is 0. The van der Waals surface area contributed by atoms with Crippen LogP contribution in [0.3, 0.4) is 0 Å². The quantitative estimate of drug-likeness (QED) is 0.755. The number of rotatable bonds is 7. The van der Waals surface area contributed by atoms with E-state index in [2.05, 4.69) is 20.6 Å². The van der Waals surface area contributed by atoms with Crippen molar-refractivity contribution in [3.8, 4) is 0 Å². The Morgan fingerprint density at radius 3 is 2.71 bits per heavy atom. The van der Waals surface area contributed by atoms with Crippen LogP contribution in [0.25, 0.3) is 0 Å². The lowest BCUT2D eigenvalue weighted by Gasteiger charge is -2.11. The summed E-state index contributed by atoms with van der Waals surface area (Å²) in [5.74, 6) is -0.00346. The van der Waals surface area contributed by atoms with Crippen LogP contribution < -0.4 is 10.6 Å². The lowest BCUT2D eigenvalue weighted by molar-refractivity contribution is 0.100. The molecule has 2 rings (SSSR count). The van der Waals surface area contributed by atoms with Crippen LogP contribution in [-0.2, 0) is 0 Å². The fraction of sp³-hybridized carbons (Fsp3) is 0.294. The summed E-state index contributed by atoms with van der Waals surface area (Å²) in [6.07, 6.45) is 1.53. The Bertz CT molecular complexity index is 730. The molecule has 0 saturated carbocycles. The number of Topliss-reactive ketones (excluding diaryl/α,β-unsaturated/α-hetero) is 1. The van der Waals surface area contributed by atoms with Gasteiger partial charge in [0.2, 0.25) is 5.95 Å². The number of likely N-dealkylation sites (N-methyl/N-ethyl adjacent to an activating group) is 1. The molecular weight excluding hydrogens is 306 g/mol. The molecule has 0 bridgehead atoms. The number of amides is 1. The number of hydrogen-bond acceptors (Lipinski definition) is 6. The van der Waals surface area contributed by atoms with E-state index in [9.17, 15) is 9.59 Å². The third-order valence-electron chi connectivity index (χ3n) is 3.26. The van der Waals surface area contributed by atoms with Gasteiger partial charge >= 0.3 is 0 Å². The summed E-state index contributed by atoms with van der Waals surface area (Å²) in [4.78, 5) is 34.0. The van der Waals surface area contributed by atoms with E-state index in [1.165, 1.54) is 13.1 Å². The standard InChI is InChI=1S/C17H21N5O2/c1-12(23)13-5-4-6-14(11-13)20-16(24)15-7-8-18-17(21-15)19-9-10-22(2)3/h4-8,11H,9-10H2,1-3H3,(H,20,24)(H,18,19,21). The Hall–Kier alpha value is -2.80. The highest BCUT2D eigenvalue weighted by atomic mass is 16.2. The van der Waals surface area contributed by atoms with Crippen molar-refractivity contribution < 1.29 is 9.59 Å². The molecule has 0 aliphatic rings. The minimum Gasteiger partial charge on any atom is -0.353 e. The van der Waals surface area contributed by atoms with E-state index < -0.39 is 0 Å². The molecule has 2 aromatic rings. The Kier molecular flexibility index (Phi) is 5.97. The number of benzene rings is 1. The molecule has 24 heavy (non-hydrogen) atoms. The van der Waals surface area contributed by atoms with Crippen molar-refractivity contribution in [2.45, 2.75) is 6.92 Å². The lowest BCUT2D eigenvalue weighted by Crippen LogP contribution is -2.22. The van der Waals surface area contributed by atoms with E-state index >= 15 is 0 Å². The van der Waals surface area contributed by atoms with E-state index in [0.717, 1.165) is 6.54 Å². The average molecular weight is 327 g/mol. The van der Waals surface area contributed by atoms with Gasteiger partial charge in [0, 0.05) is 30.5 Å². The van der Waals surface area contributed by atoms with Crippen molar-refractivity contribution in [3.63, 3.8) is 0 Å². The van der Waals surface area contributed by atoms with Crippen LogP contribution in [0, 0.1) is 0 Å². The molecule has 0 atom stereocenters. The topological polar surface area (TPSA) is 87.2 Å². The predicted octanol–water partition coefficient (Wildman–Crippen LogP) is 1.90. The smallest absolute Gasteiger partial charge is 0.274 e. The second kappa shape index (κ2) is 8.16. The molecule has 7 heteroatoms. The maximum Gasteiger partial charge on any atom is 0.274 e. The van der Waals surface area contributed by atoms with Gasteiger partial charge in [-0.1, -0.05) is 12.1 Å². The van der Waals surface area contributed by atoms with Gasteiger partial charge in [-0.05, 0) is 39.2 Å². The zero-order valence-corrected chi connectivity index (χ0v) is 14.0. The van der Waals surface area contributed by atoms with Gasteiger partial charge in [-0.3, -0.25) is 9.59 Å². The van der Waals surface area contributed by atoms with Crippen LogP contribution in [0.4, 0.5) is 11.6 Å². The Morgan fingerprint density at radius 2 is 2.00 bits per heavy atom. The first kappa shape index (κ1) is 17.6. The molecule has 126 valence electrons. The third-order valence-corrected chi connectivity index (χ3v) is 3.26. The molecule has 0 unspecified atom stereocenters. The minimum absolute atomic E-state index is 0.0551. The second-order valence-corrected chi connectivity index (χ2v) is 5.59. The Labute approximate surface area is 141 Å². The van der Waals surface area contributed by atoms with Crippen LogP contribution in [0.5, 0.6) is 0 Å². The number of carbonyl (C=O) groups is 2. The van der Waals surface area contributed by atoms with Gasteiger partial charge in [0.25, 0.3) is 5.91 Å². The minimum atomic E-state index is -0.353. The highest BCUT2D eigenvalue weighted by Crippen LogP contribution is 2.12. The van der Waals surface area contributed by atoms with Crippen molar-refractivity contribution in [1.82, 2.24) is 14.9 Å². The first-order chi connectivity index (χ1) is 11.5. The second-order valence-electron chi connectivity index (χ2n) is 5.59. The Morgan fingerprint density at radius 1 is 1.21 bits per heavy atom. The van der Waals surface area contributed by atoms with Gasteiger partial charge in [-0.15, -0.1) is 0 Å². The first-order valence-electron chi connectivity index (χ1n) is 7.59. The molecule has 7 nitrogen and oxygen atoms in total. The number of ketones is 1. The summed E-state index contributed by atoms with van der Waals surface area (Å²) in [6.45, 7) is 2.99. The predicted molar refractivity (Wildman–Crippen MR) is 93.5 cm³/mol. The highest BCUT2D eigenvalue weighted by molar-refractivity contribution is 6.04. The molecule has 2 N–H and O–H groups in total. The molecule has 1 aromatic carbocycles. The maximum absolute atomic E-state index is 12.3. The Balaban J connectivity index is 2.04. The molecule has 0 aliphatic carbocycles. The molecule has 0 saturated heterocycles. The molecule has 1 amide bonds. The molecule has 0 spiro atoms. The van der Waals surface area contributed by atoms with Crippen molar-refractivity contribution >= 4 is 23.3 Å². The van der Waals surface area contributed by atoms with E-state index in [1.807, 2.05) is 19.0 Å². The van der Waals surface area contributed by atoms with Gasteiger partial charge < -0.3 is 15.5 Å². The van der Waals surface area contributed by atoms with Gasteiger partial charge in [-0.2, -0.15) is 0 Å². The largest absolute Gasteiger partial charge is 0.353 e. The van der Waals surface area contributed by atoms with E-state index in [1.54, 1.807) is 30.3 Å². The van der Waals surface area contributed by atoms with Crippen LogP contribution in [0.15, 0.2) is 36.5 Å². The molecule has 0 fully saturated rings. The van der Waals surface area contributed by atoms with E-state index in [4.69, 9.17) is 0 Å². The monoisotopic (exact) mass is 327 g/mol. The molecule has 1 heterocycles. The van der Waals surface area contributed by atoms with Gasteiger partial charge in [0.1, 0.15) is 5.69 Å². The van der Waals surface area contributed by atoms with Crippen LogP contribution >= 0.6 is 0 Å². The van der Waals surface area contributed by atoms with E-state index in [-0.39, 0.29) is 17.4 Å².